The number of allylic oxidation sites excluding steroid dienone is 10. The van der Waals surface area contributed by atoms with E-state index in [4.69, 9.17) is 0 Å². The van der Waals surface area contributed by atoms with Gasteiger partial charge in [0.05, 0.1) is 15.9 Å². The normalized spacial score (nSPS) is 30.2. The van der Waals surface area contributed by atoms with E-state index >= 15 is 79.0 Å². The van der Waals surface area contributed by atoms with Crippen LogP contribution >= 0.6 is 46.2 Å². The highest BCUT2D eigenvalue weighted by molar-refractivity contribution is 8.10. The molecule has 66 heavy (non-hydrogen) atoms. The van der Waals surface area contributed by atoms with Crippen LogP contribution in [0.5, 0.6) is 0 Å². The molecule has 22 heteroatoms. The highest BCUT2D eigenvalue weighted by Gasteiger charge is 2.87. The van der Waals surface area contributed by atoms with Crippen LogP contribution in [0.1, 0.15) is 62.5 Å². The largest absolute Gasteiger partial charge is 0.380 e. The molecular weight excluding hydrogens is 999 g/mol. The molecular formula is C44H28F18S4. The Kier molecular flexibility index (Phi) is 9.53. The van der Waals surface area contributed by atoms with Crippen molar-refractivity contribution in [2.75, 3.05) is 0 Å². The first kappa shape index (κ1) is 47.6. The Hall–Kier alpha value is -3.50. The van der Waals surface area contributed by atoms with Gasteiger partial charge in [-0.3, -0.25) is 0 Å². The van der Waals surface area contributed by atoms with Crippen LogP contribution in [-0.2, 0) is 0 Å². The molecule has 2 atom stereocenters. The fourth-order valence-corrected chi connectivity index (χ4v) is 15.7. The summed E-state index contributed by atoms with van der Waals surface area (Å²) in [5.41, 5.74) is -20.4. The second-order valence-corrected chi connectivity index (χ2v) is 22.4. The van der Waals surface area contributed by atoms with Crippen molar-refractivity contribution in [2.45, 2.75) is 107 Å². The zero-order valence-corrected chi connectivity index (χ0v) is 37.7. The number of hydrogen-bond donors (Lipinski definition) is 0. The Labute approximate surface area is 379 Å². The van der Waals surface area contributed by atoms with Gasteiger partial charge in [0.25, 0.3) is 0 Å². The molecule has 4 heterocycles. The molecule has 0 nitrogen and oxygen atoms in total. The highest BCUT2D eigenvalue weighted by atomic mass is 32.2. The topological polar surface area (TPSA) is 0 Å². The number of hydrogen-bond acceptors (Lipinski definition) is 4. The third kappa shape index (κ3) is 5.02. The number of thiophene rings is 2. The van der Waals surface area contributed by atoms with Gasteiger partial charge < -0.3 is 0 Å². The standard InChI is InChI=1S/C44H28F18S4/c1-15-13-16(2)63-31(15)28-29(40(53,54)44(61,62)39(28,51)52)32-17(3)23(18(4)64-32)26-27(38(49,50)43(59,60)37(26,47)48)24-19(5)65-33-30-25(36(45,46)42(57,58)41(30,55)56)21-14-22(20-11-9-8-10-12-20)66-35(21,7)34(24,33)6/h8-14H,1-7H3/t34-,35-/m0/s1. The lowest BCUT2D eigenvalue weighted by Crippen LogP contribution is -2.51. The third-order valence-electron chi connectivity index (χ3n) is 13.5. The molecule has 9 rings (SSSR count). The summed E-state index contributed by atoms with van der Waals surface area (Å²) >= 11 is 0.664. The third-order valence-corrected chi connectivity index (χ3v) is 18.8. The summed E-state index contributed by atoms with van der Waals surface area (Å²) in [6.45, 7) is 6.41. The van der Waals surface area contributed by atoms with Crippen molar-refractivity contribution >= 4 is 67.8 Å². The molecule has 1 aromatic carbocycles. The predicted molar refractivity (Wildman–Crippen MR) is 219 cm³/mol. The molecule has 0 saturated heterocycles. The van der Waals surface area contributed by atoms with E-state index < -0.39 is 144 Å². The van der Waals surface area contributed by atoms with Crippen LogP contribution in [0, 0.1) is 33.1 Å². The summed E-state index contributed by atoms with van der Waals surface area (Å²) < 4.78 is 288. The van der Waals surface area contributed by atoms with Crippen LogP contribution in [0.3, 0.4) is 0 Å². The van der Waals surface area contributed by atoms with Gasteiger partial charge in [0.2, 0.25) is 0 Å². The lowest BCUT2D eigenvalue weighted by atomic mass is 9.60. The molecule has 354 valence electrons. The summed E-state index contributed by atoms with van der Waals surface area (Å²) in [6, 6.07) is 8.36. The molecule has 1 fully saturated rings. The minimum absolute atomic E-state index is 0.0842. The van der Waals surface area contributed by atoms with Crippen LogP contribution in [0.2, 0.25) is 0 Å². The minimum Gasteiger partial charge on any atom is -0.194 e. The minimum atomic E-state index is -6.49. The monoisotopic (exact) mass is 1030 g/mol. The number of rotatable bonds is 5. The summed E-state index contributed by atoms with van der Waals surface area (Å²) in [4.78, 5) is -4.75. The lowest BCUT2D eigenvalue weighted by molar-refractivity contribution is -0.259. The molecule has 0 amide bonds. The van der Waals surface area contributed by atoms with E-state index in [1.54, 1.807) is 0 Å². The fraction of sp³-hybridized carbons (Fsp3) is 0.409. The highest BCUT2D eigenvalue weighted by Crippen LogP contribution is 2.80. The number of aryl methyl sites for hydroxylation is 3. The molecule has 0 N–H and O–H groups in total. The van der Waals surface area contributed by atoms with Crippen molar-refractivity contribution in [1.82, 2.24) is 0 Å². The molecule has 0 unspecified atom stereocenters. The zero-order chi connectivity index (χ0) is 49.2. The van der Waals surface area contributed by atoms with Crippen LogP contribution in [0.25, 0.3) is 21.6 Å². The Morgan fingerprint density at radius 2 is 0.955 bits per heavy atom. The van der Waals surface area contributed by atoms with Gasteiger partial charge in [0, 0.05) is 62.6 Å². The van der Waals surface area contributed by atoms with Gasteiger partial charge in [0.1, 0.15) is 0 Å². The van der Waals surface area contributed by atoms with Gasteiger partial charge in [-0.25, -0.2) is 0 Å². The van der Waals surface area contributed by atoms with E-state index in [9.17, 15) is 0 Å². The Bertz CT molecular complexity index is 2930. The predicted octanol–water partition coefficient (Wildman–Crippen LogP) is 16.6. The maximum Gasteiger partial charge on any atom is 0.380 e. The van der Waals surface area contributed by atoms with E-state index in [0.29, 0.717) is 30.0 Å². The van der Waals surface area contributed by atoms with Gasteiger partial charge in [-0.15, -0.1) is 34.4 Å². The van der Waals surface area contributed by atoms with E-state index in [0.717, 1.165) is 40.7 Å². The van der Waals surface area contributed by atoms with E-state index in [2.05, 4.69) is 0 Å². The summed E-state index contributed by atoms with van der Waals surface area (Å²) in [7, 11) is 0. The van der Waals surface area contributed by atoms with Crippen LogP contribution in [-0.4, -0.2) is 58.0 Å². The van der Waals surface area contributed by atoms with Crippen molar-refractivity contribution in [3.05, 3.63) is 122 Å². The van der Waals surface area contributed by atoms with Crippen molar-refractivity contribution in [3.63, 3.8) is 0 Å². The Morgan fingerprint density at radius 3 is 1.47 bits per heavy atom. The molecule has 2 aliphatic heterocycles. The first-order valence-electron chi connectivity index (χ1n) is 19.4. The van der Waals surface area contributed by atoms with Crippen molar-refractivity contribution in [3.8, 4) is 0 Å². The lowest BCUT2D eigenvalue weighted by Gasteiger charge is -2.49. The van der Waals surface area contributed by atoms with E-state index in [-0.39, 0.29) is 44.0 Å². The molecule has 6 aliphatic rings. The summed E-state index contributed by atoms with van der Waals surface area (Å²) in [6.07, 6.45) is 0.832. The fourth-order valence-electron chi connectivity index (χ4n) is 10.2. The number of fused-ring (bicyclic) bond motifs is 4. The molecule has 0 bridgehead atoms. The molecule has 4 aliphatic carbocycles. The summed E-state index contributed by atoms with van der Waals surface area (Å²) in [5.74, 6) is -54.0. The van der Waals surface area contributed by atoms with Gasteiger partial charge >= 0.3 is 53.3 Å². The van der Waals surface area contributed by atoms with E-state index in [1.165, 1.54) is 43.3 Å². The van der Waals surface area contributed by atoms with Gasteiger partial charge in [-0.1, -0.05) is 42.1 Å². The maximum absolute atomic E-state index is 17.0. The van der Waals surface area contributed by atoms with Gasteiger partial charge in [-0.2, -0.15) is 79.0 Å². The van der Waals surface area contributed by atoms with Crippen molar-refractivity contribution in [1.29, 1.82) is 0 Å². The van der Waals surface area contributed by atoms with Crippen molar-refractivity contribution in [2.24, 2.45) is 5.41 Å². The van der Waals surface area contributed by atoms with Gasteiger partial charge in [-0.05, 0) is 93.4 Å². The number of thioether (sulfide) groups is 2. The van der Waals surface area contributed by atoms with Crippen LogP contribution in [0.4, 0.5) is 79.0 Å². The maximum atomic E-state index is 17.0. The SMILES string of the molecule is CC1=C(C2=C(c3c(C)sc(C4=C(c5sc(C)cc5C)C(F)(F)C(F)(F)C4(F)F)c3C)C(F)(F)C(F)(F)C2(F)F)[C@@]2(C)C(=C3C(=C4C=C(c5ccccc5)S[C@@]42C)C(F)(F)C(F)(F)C3(F)F)S1. The van der Waals surface area contributed by atoms with Crippen molar-refractivity contribution < 1.29 is 79.0 Å². The second kappa shape index (κ2) is 13.2. The Morgan fingerprint density at radius 1 is 0.485 bits per heavy atom. The molecule has 0 spiro atoms. The van der Waals surface area contributed by atoms with E-state index in [1.807, 2.05) is 0 Å². The quantitative estimate of drug-likeness (QED) is 0.234. The zero-order valence-electron chi connectivity index (χ0n) is 34.5. The number of benzene rings is 1. The van der Waals surface area contributed by atoms with Crippen LogP contribution in [0.15, 0.2) is 80.2 Å². The average Bonchev–Trinajstić information content (AvgIpc) is 3.95. The molecule has 0 radical (unpaired) electrons. The molecule has 2 aromatic heterocycles. The summed E-state index contributed by atoms with van der Waals surface area (Å²) in [5, 5.41) is 0. The van der Waals surface area contributed by atoms with Gasteiger partial charge in [0.15, 0.2) is 0 Å². The number of halogens is 18. The average molecular weight is 1030 g/mol. The first-order chi connectivity index (χ1) is 29.9. The Balaban J connectivity index is 1.39. The second-order valence-electron chi connectivity index (χ2n) is 17.2. The molecule has 3 aromatic rings. The number of alkyl halides is 18. The van der Waals surface area contributed by atoms with Crippen LogP contribution < -0.4 is 0 Å². The smallest absolute Gasteiger partial charge is 0.194 e. The first-order valence-corrected chi connectivity index (χ1v) is 22.6. The molecule has 1 saturated carbocycles.